The number of nitrogens with zero attached hydrogens (tertiary/aromatic N) is 1. The van der Waals surface area contributed by atoms with Gasteiger partial charge in [-0.15, -0.1) is 0 Å². The summed E-state index contributed by atoms with van der Waals surface area (Å²) in [5, 5.41) is 12.7. The number of methoxy groups -OCH3 is 1. The Labute approximate surface area is 172 Å². The highest BCUT2D eigenvalue weighted by molar-refractivity contribution is 6.32. The van der Waals surface area contributed by atoms with Gasteiger partial charge in [0.1, 0.15) is 17.4 Å². The summed E-state index contributed by atoms with van der Waals surface area (Å²) in [5.74, 6) is -0.842. The van der Waals surface area contributed by atoms with Crippen molar-refractivity contribution in [1.29, 1.82) is 5.26 Å². The maximum Gasteiger partial charge on any atom is 0.343 e. The first-order valence-electron chi connectivity index (χ1n) is 8.02. The van der Waals surface area contributed by atoms with Crippen LogP contribution in [0.5, 0.6) is 5.75 Å². The first kappa shape index (κ1) is 21.3. The molecule has 8 heteroatoms. The summed E-state index contributed by atoms with van der Waals surface area (Å²) in [6.45, 7) is 1.56. The summed E-state index contributed by atoms with van der Waals surface area (Å²) >= 11 is 12.2. The van der Waals surface area contributed by atoms with Crippen molar-refractivity contribution in [2.75, 3.05) is 19.0 Å². The maximum atomic E-state index is 12.4. The number of carbonyl (C=O) groups excluding carboxylic acids is 2. The highest BCUT2D eigenvalue weighted by Crippen LogP contribution is 2.27. The molecule has 0 unspecified atom stereocenters. The zero-order chi connectivity index (χ0) is 20.7. The van der Waals surface area contributed by atoms with Crippen molar-refractivity contribution in [3.63, 3.8) is 0 Å². The van der Waals surface area contributed by atoms with Gasteiger partial charge in [0.15, 0.2) is 6.61 Å². The number of ether oxygens (including phenoxy) is 2. The van der Waals surface area contributed by atoms with Crippen molar-refractivity contribution in [1.82, 2.24) is 0 Å². The molecule has 0 aromatic heterocycles. The molecule has 0 heterocycles. The number of esters is 1. The van der Waals surface area contributed by atoms with E-state index in [0.717, 1.165) is 5.56 Å². The third kappa shape index (κ3) is 5.74. The molecule has 2 aromatic rings. The third-order valence-corrected chi connectivity index (χ3v) is 4.34. The first-order valence-corrected chi connectivity index (χ1v) is 8.78. The van der Waals surface area contributed by atoms with E-state index in [0.29, 0.717) is 16.3 Å². The monoisotopic (exact) mass is 418 g/mol. The van der Waals surface area contributed by atoms with Gasteiger partial charge < -0.3 is 14.8 Å². The van der Waals surface area contributed by atoms with Gasteiger partial charge in [-0.1, -0.05) is 35.3 Å². The minimum Gasteiger partial charge on any atom is -0.480 e. The Bertz CT molecular complexity index is 981. The normalized spacial score (nSPS) is 10.8. The molecule has 6 nitrogen and oxygen atoms in total. The maximum absolute atomic E-state index is 12.4. The summed E-state index contributed by atoms with van der Waals surface area (Å²) in [4.78, 5) is 23.5. The highest BCUT2D eigenvalue weighted by atomic mass is 35.5. The van der Waals surface area contributed by atoms with Gasteiger partial charge in [0.2, 0.25) is 0 Å². The molecule has 0 radical (unpaired) electrons. The predicted octanol–water partition coefficient (Wildman–Crippen LogP) is 4.40. The predicted molar refractivity (Wildman–Crippen MR) is 107 cm³/mol. The van der Waals surface area contributed by atoms with E-state index < -0.39 is 11.9 Å². The van der Waals surface area contributed by atoms with Crippen LogP contribution in [0.3, 0.4) is 0 Å². The van der Waals surface area contributed by atoms with Crippen LogP contribution < -0.4 is 10.1 Å². The average Bonchev–Trinajstić information content (AvgIpc) is 2.67. The average molecular weight is 419 g/mol. The number of hydrogen-bond donors (Lipinski definition) is 1. The summed E-state index contributed by atoms with van der Waals surface area (Å²) in [6.07, 6.45) is 1.39. The number of carbonyl (C=O) groups is 2. The Hall–Kier alpha value is -3.01. The second kappa shape index (κ2) is 9.79. The van der Waals surface area contributed by atoms with Crippen LogP contribution in [0, 0.1) is 18.3 Å². The van der Waals surface area contributed by atoms with Crippen molar-refractivity contribution < 1.29 is 19.1 Å². The zero-order valence-corrected chi connectivity index (χ0v) is 16.6. The van der Waals surface area contributed by atoms with Gasteiger partial charge in [-0.05, 0) is 48.4 Å². The van der Waals surface area contributed by atoms with E-state index >= 15 is 0 Å². The van der Waals surface area contributed by atoms with Crippen molar-refractivity contribution in [3.8, 4) is 11.8 Å². The molecule has 0 fully saturated rings. The van der Waals surface area contributed by atoms with Crippen LogP contribution in [0.1, 0.15) is 11.1 Å². The Morgan fingerprint density at radius 3 is 2.54 bits per heavy atom. The number of halogens is 2. The van der Waals surface area contributed by atoms with Gasteiger partial charge in [-0.2, -0.15) is 5.26 Å². The number of rotatable bonds is 6. The van der Waals surface area contributed by atoms with Crippen molar-refractivity contribution in [3.05, 3.63) is 63.1 Å². The number of benzene rings is 2. The standard InChI is InChI=1S/C20H16Cl2N2O4/c1-12-3-5-15(9-16(12)21)24-20(26)14(10-23)7-13-4-6-18(17(22)8-13)28-11-19(25)27-2/h3-9H,11H2,1-2H3,(H,24,26)/b14-7+. The lowest BCUT2D eigenvalue weighted by Crippen LogP contribution is -2.13. The van der Waals surface area contributed by atoms with Crippen molar-refractivity contribution in [2.24, 2.45) is 0 Å². The lowest BCUT2D eigenvalue weighted by atomic mass is 10.1. The molecule has 0 atom stereocenters. The quantitative estimate of drug-likeness (QED) is 0.426. The minimum absolute atomic E-state index is 0.115. The van der Waals surface area contributed by atoms with Crippen LogP contribution >= 0.6 is 23.2 Å². The van der Waals surface area contributed by atoms with Gasteiger partial charge in [0.25, 0.3) is 5.91 Å². The first-order chi connectivity index (χ1) is 13.3. The molecule has 0 saturated carbocycles. The number of nitrogens with one attached hydrogen (secondary N) is 1. The number of hydrogen-bond acceptors (Lipinski definition) is 5. The van der Waals surface area contributed by atoms with Crippen LogP contribution in [0.2, 0.25) is 10.0 Å². The molecule has 144 valence electrons. The SMILES string of the molecule is COC(=O)COc1ccc(/C=C(\C#N)C(=O)Nc2ccc(C)c(Cl)c2)cc1Cl. The molecule has 0 bridgehead atoms. The number of aryl methyl sites for hydroxylation is 1. The molecule has 0 spiro atoms. The summed E-state index contributed by atoms with van der Waals surface area (Å²) in [7, 11) is 1.25. The lowest BCUT2D eigenvalue weighted by Gasteiger charge is -2.08. The molecule has 1 amide bonds. The molecule has 1 N–H and O–H groups in total. The number of anilines is 1. The Morgan fingerprint density at radius 1 is 1.18 bits per heavy atom. The summed E-state index contributed by atoms with van der Waals surface area (Å²) < 4.78 is 9.73. The molecular weight excluding hydrogens is 403 g/mol. The Morgan fingerprint density at radius 2 is 1.93 bits per heavy atom. The topological polar surface area (TPSA) is 88.4 Å². The van der Waals surface area contributed by atoms with Gasteiger partial charge in [0.05, 0.1) is 12.1 Å². The fraction of sp³-hybridized carbons (Fsp3) is 0.150. The fourth-order valence-electron chi connectivity index (χ4n) is 2.10. The summed E-state index contributed by atoms with van der Waals surface area (Å²) in [6, 6.07) is 11.6. The molecule has 2 aromatic carbocycles. The van der Waals surface area contributed by atoms with E-state index in [1.807, 2.05) is 13.0 Å². The van der Waals surface area contributed by atoms with Crippen molar-refractivity contribution >= 4 is 46.8 Å². The van der Waals surface area contributed by atoms with E-state index in [1.54, 1.807) is 24.3 Å². The van der Waals surface area contributed by atoms with Gasteiger partial charge in [0, 0.05) is 10.7 Å². The van der Waals surface area contributed by atoms with Gasteiger partial charge in [-0.25, -0.2) is 4.79 Å². The Balaban J connectivity index is 2.15. The fourth-order valence-corrected chi connectivity index (χ4v) is 2.53. The second-order valence-electron chi connectivity index (χ2n) is 5.64. The largest absolute Gasteiger partial charge is 0.480 e. The van der Waals surface area contributed by atoms with E-state index in [2.05, 4.69) is 10.1 Å². The number of amides is 1. The molecule has 0 saturated heterocycles. The van der Waals surface area contributed by atoms with Crippen LogP contribution in [0.4, 0.5) is 5.69 Å². The summed E-state index contributed by atoms with van der Waals surface area (Å²) in [5.41, 5.74) is 1.76. The third-order valence-electron chi connectivity index (χ3n) is 3.63. The van der Waals surface area contributed by atoms with Crippen LogP contribution in [0.25, 0.3) is 6.08 Å². The molecular formula is C20H16Cl2N2O4. The molecule has 0 aliphatic heterocycles. The van der Waals surface area contributed by atoms with Crippen LogP contribution in [-0.2, 0) is 14.3 Å². The smallest absolute Gasteiger partial charge is 0.343 e. The molecule has 0 aliphatic carbocycles. The van der Waals surface area contributed by atoms with Crippen LogP contribution in [0.15, 0.2) is 42.0 Å². The van der Waals surface area contributed by atoms with Crippen molar-refractivity contribution in [2.45, 2.75) is 6.92 Å². The second-order valence-corrected chi connectivity index (χ2v) is 6.46. The lowest BCUT2D eigenvalue weighted by molar-refractivity contribution is -0.142. The van der Waals surface area contributed by atoms with Gasteiger partial charge >= 0.3 is 5.97 Å². The minimum atomic E-state index is -0.579. The number of nitriles is 1. The molecule has 2 rings (SSSR count). The zero-order valence-electron chi connectivity index (χ0n) is 15.1. The van der Waals surface area contributed by atoms with E-state index in [-0.39, 0.29) is 23.0 Å². The van der Waals surface area contributed by atoms with E-state index in [4.69, 9.17) is 27.9 Å². The van der Waals surface area contributed by atoms with E-state index in [1.165, 1.54) is 25.3 Å². The van der Waals surface area contributed by atoms with Crippen LogP contribution in [-0.4, -0.2) is 25.6 Å². The Kier molecular flexibility index (Phi) is 7.44. The van der Waals surface area contributed by atoms with E-state index in [9.17, 15) is 14.9 Å². The molecule has 0 aliphatic rings. The molecule has 28 heavy (non-hydrogen) atoms. The van der Waals surface area contributed by atoms with Gasteiger partial charge in [-0.3, -0.25) is 4.79 Å². The highest BCUT2D eigenvalue weighted by Gasteiger charge is 2.12.